The topological polar surface area (TPSA) is 66.8 Å². The fourth-order valence-electron chi connectivity index (χ4n) is 3.80. The van der Waals surface area contributed by atoms with Crippen molar-refractivity contribution in [2.45, 2.75) is 12.2 Å². The van der Waals surface area contributed by atoms with E-state index in [0.717, 1.165) is 23.1 Å². The largest absolute Gasteiger partial charge is 0.507 e. The minimum atomic E-state index is -4.65. The van der Waals surface area contributed by atoms with Gasteiger partial charge in [0.15, 0.2) is 0 Å². The van der Waals surface area contributed by atoms with E-state index in [9.17, 15) is 27.9 Å². The molecule has 1 saturated heterocycles. The van der Waals surface area contributed by atoms with Gasteiger partial charge in [0.1, 0.15) is 11.5 Å². The second kappa shape index (κ2) is 8.87. The standard InChI is InChI=1S/C25H17ClF3NO4/c1-34-19-11-7-14(8-12-19)21-20(22(31)15-5-9-17(26)10-6-15)23(32)24(33)30(21)18-4-2-3-16(13-18)25(27,28)29/h2-13,21,31H,1H3/t21-/m0/s1. The SMILES string of the molecule is COc1ccc([C@H]2C(=C(O)c3ccc(Cl)cc3)C(=O)C(=O)N2c2cccc(C(F)(F)F)c2)cc1. The van der Waals surface area contributed by atoms with Crippen LogP contribution in [0.25, 0.3) is 5.76 Å². The summed E-state index contributed by atoms with van der Waals surface area (Å²) in [6.07, 6.45) is -4.65. The van der Waals surface area contributed by atoms with Crippen LogP contribution in [0.15, 0.2) is 78.4 Å². The van der Waals surface area contributed by atoms with Crippen LogP contribution in [0.1, 0.15) is 22.7 Å². The number of aliphatic hydroxyl groups excluding tert-OH is 1. The summed E-state index contributed by atoms with van der Waals surface area (Å²) >= 11 is 5.91. The van der Waals surface area contributed by atoms with E-state index in [2.05, 4.69) is 0 Å². The monoisotopic (exact) mass is 487 g/mol. The molecule has 1 atom stereocenters. The molecule has 1 amide bonds. The summed E-state index contributed by atoms with van der Waals surface area (Å²) in [5.41, 5.74) is -0.737. The van der Waals surface area contributed by atoms with E-state index in [0.29, 0.717) is 16.3 Å². The molecule has 174 valence electrons. The molecule has 0 spiro atoms. The molecule has 4 rings (SSSR count). The Morgan fingerprint density at radius 2 is 1.65 bits per heavy atom. The molecule has 0 unspecified atom stereocenters. The van der Waals surface area contributed by atoms with Crippen LogP contribution >= 0.6 is 11.6 Å². The summed E-state index contributed by atoms with van der Waals surface area (Å²) in [5.74, 6) is -2.05. The molecule has 1 aliphatic rings. The second-order valence-corrected chi connectivity index (χ2v) is 7.93. The van der Waals surface area contributed by atoms with Gasteiger partial charge in [0.25, 0.3) is 11.7 Å². The molecule has 9 heteroatoms. The van der Waals surface area contributed by atoms with Crippen LogP contribution in [0.3, 0.4) is 0 Å². The van der Waals surface area contributed by atoms with Gasteiger partial charge in [0.05, 0.1) is 24.3 Å². The number of Topliss-reactive ketones (excluding diaryl/α,β-unsaturated/α-hetero) is 1. The van der Waals surface area contributed by atoms with E-state index < -0.39 is 35.2 Å². The Kier molecular flexibility index (Phi) is 6.10. The van der Waals surface area contributed by atoms with Crippen LogP contribution in [-0.4, -0.2) is 23.9 Å². The number of rotatable bonds is 4. The Morgan fingerprint density at radius 1 is 1.00 bits per heavy atom. The van der Waals surface area contributed by atoms with E-state index in [-0.39, 0.29) is 16.8 Å². The van der Waals surface area contributed by atoms with Crippen molar-refractivity contribution in [3.8, 4) is 5.75 Å². The lowest BCUT2D eigenvalue weighted by Crippen LogP contribution is -2.29. The Labute approximate surface area is 197 Å². The third kappa shape index (κ3) is 4.24. The summed E-state index contributed by atoms with van der Waals surface area (Å²) in [7, 11) is 1.46. The highest BCUT2D eigenvalue weighted by atomic mass is 35.5. The minimum Gasteiger partial charge on any atom is -0.507 e. The molecule has 1 fully saturated rings. The van der Waals surface area contributed by atoms with Crippen LogP contribution in [0.5, 0.6) is 5.75 Å². The molecule has 0 aliphatic carbocycles. The maximum atomic E-state index is 13.3. The molecular weight excluding hydrogens is 471 g/mol. The number of methoxy groups -OCH3 is 1. The van der Waals surface area contributed by atoms with Gasteiger partial charge in [0.2, 0.25) is 0 Å². The summed E-state index contributed by atoms with van der Waals surface area (Å²) in [6, 6.07) is 15.2. The highest BCUT2D eigenvalue weighted by Crippen LogP contribution is 2.43. The van der Waals surface area contributed by atoms with Gasteiger partial charge in [0, 0.05) is 16.3 Å². The van der Waals surface area contributed by atoms with E-state index in [1.165, 1.54) is 37.4 Å². The zero-order chi connectivity index (χ0) is 24.6. The number of benzene rings is 3. The number of ketones is 1. The first-order chi connectivity index (χ1) is 16.1. The first-order valence-corrected chi connectivity index (χ1v) is 10.4. The van der Waals surface area contributed by atoms with Crippen molar-refractivity contribution in [1.29, 1.82) is 0 Å². The number of ether oxygens (including phenoxy) is 1. The van der Waals surface area contributed by atoms with Crippen LogP contribution in [0.2, 0.25) is 5.02 Å². The zero-order valence-electron chi connectivity index (χ0n) is 17.6. The van der Waals surface area contributed by atoms with E-state index >= 15 is 0 Å². The van der Waals surface area contributed by atoms with E-state index in [1.54, 1.807) is 24.3 Å². The number of hydrogen-bond acceptors (Lipinski definition) is 4. The summed E-state index contributed by atoms with van der Waals surface area (Å²) in [4.78, 5) is 27.1. The number of nitrogens with zero attached hydrogens (tertiary/aromatic N) is 1. The van der Waals surface area contributed by atoms with Gasteiger partial charge in [-0.05, 0) is 60.2 Å². The molecule has 0 saturated carbocycles. The van der Waals surface area contributed by atoms with Crippen molar-refractivity contribution < 1.29 is 32.6 Å². The Morgan fingerprint density at radius 3 is 2.24 bits per heavy atom. The number of anilines is 1. The number of aliphatic hydroxyl groups is 1. The van der Waals surface area contributed by atoms with Gasteiger partial charge < -0.3 is 9.84 Å². The van der Waals surface area contributed by atoms with E-state index in [4.69, 9.17) is 16.3 Å². The number of halogens is 4. The lowest BCUT2D eigenvalue weighted by Gasteiger charge is -2.26. The Hall–Kier alpha value is -3.78. The molecule has 3 aromatic rings. The van der Waals surface area contributed by atoms with E-state index in [1.807, 2.05) is 0 Å². The van der Waals surface area contributed by atoms with Crippen molar-refractivity contribution in [3.63, 3.8) is 0 Å². The van der Waals surface area contributed by atoms with Gasteiger partial charge in [-0.25, -0.2) is 0 Å². The number of hydrogen-bond donors (Lipinski definition) is 1. The Balaban J connectivity index is 1.93. The molecule has 34 heavy (non-hydrogen) atoms. The summed E-state index contributed by atoms with van der Waals surface area (Å²) in [5, 5.41) is 11.4. The van der Waals surface area contributed by atoms with Gasteiger partial charge >= 0.3 is 6.18 Å². The number of carbonyl (C=O) groups is 2. The highest BCUT2D eigenvalue weighted by molar-refractivity contribution is 6.51. The fraction of sp³-hybridized carbons (Fsp3) is 0.120. The third-order valence-corrected chi connectivity index (χ3v) is 5.70. The van der Waals surface area contributed by atoms with Crippen molar-refractivity contribution in [2.75, 3.05) is 12.0 Å². The van der Waals surface area contributed by atoms with Crippen molar-refractivity contribution in [1.82, 2.24) is 0 Å². The van der Waals surface area contributed by atoms with Crippen LogP contribution in [-0.2, 0) is 15.8 Å². The van der Waals surface area contributed by atoms with Crippen LogP contribution in [0.4, 0.5) is 18.9 Å². The molecule has 0 aromatic heterocycles. The molecule has 0 bridgehead atoms. The third-order valence-electron chi connectivity index (χ3n) is 5.45. The zero-order valence-corrected chi connectivity index (χ0v) is 18.4. The minimum absolute atomic E-state index is 0.132. The molecule has 1 aliphatic heterocycles. The molecule has 5 nitrogen and oxygen atoms in total. The molecule has 1 N–H and O–H groups in total. The van der Waals surface area contributed by atoms with Crippen LogP contribution < -0.4 is 9.64 Å². The summed E-state index contributed by atoms with van der Waals surface area (Å²) in [6.45, 7) is 0. The maximum absolute atomic E-state index is 13.3. The van der Waals surface area contributed by atoms with Crippen LogP contribution in [0, 0.1) is 0 Å². The first-order valence-electron chi connectivity index (χ1n) is 10.00. The quantitative estimate of drug-likeness (QED) is 0.279. The molecule has 1 heterocycles. The van der Waals surface area contributed by atoms with Crippen molar-refractivity contribution >= 4 is 34.7 Å². The number of amides is 1. The van der Waals surface area contributed by atoms with Crippen molar-refractivity contribution in [2.24, 2.45) is 0 Å². The predicted molar refractivity (Wildman–Crippen MR) is 121 cm³/mol. The van der Waals surface area contributed by atoms with Gasteiger partial charge in [-0.1, -0.05) is 29.8 Å². The number of carbonyl (C=O) groups excluding carboxylic acids is 2. The van der Waals surface area contributed by atoms with Crippen molar-refractivity contribution in [3.05, 3.63) is 100 Å². The lowest BCUT2D eigenvalue weighted by atomic mass is 9.95. The number of alkyl halides is 3. The maximum Gasteiger partial charge on any atom is 0.416 e. The summed E-state index contributed by atoms with van der Waals surface area (Å²) < 4.78 is 45.2. The second-order valence-electron chi connectivity index (χ2n) is 7.50. The average molecular weight is 488 g/mol. The Bertz CT molecular complexity index is 1280. The molecule has 3 aromatic carbocycles. The normalized spacial score (nSPS) is 17.8. The smallest absolute Gasteiger partial charge is 0.416 e. The van der Waals surface area contributed by atoms with Gasteiger partial charge in [-0.3, -0.25) is 14.5 Å². The molecular formula is C25H17ClF3NO4. The van der Waals surface area contributed by atoms with Gasteiger partial charge in [-0.15, -0.1) is 0 Å². The van der Waals surface area contributed by atoms with Gasteiger partial charge in [-0.2, -0.15) is 13.2 Å². The highest BCUT2D eigenvalue weighted by Gasteiger charge is 2.47. The first kappa shape index (κ1) is 23.4. The molecule has 0 radical (unpaired) electrons. The average Bonchev–Trinajstić information content (AvgIpc) is 3.09. The lowest BCUT2D eigenvalue weighted by molar-refractivity contribution is -0.137. The fourth-order valence-corrected chi connectivity index (χ4v) is 3.92. The predicted octanol–water partition coefficient (Wildman–Crippen LogP) is 5.99.